The van der Waals surface area contributed by atoms with Gasteiger partial charge in [0.05, 0.1) is 17.6 Å². The number of fused-ring (bicyclic) bond motifs is 1. The van der Waals surface area contributed by atoms with E-state index >= 15 is 0 Å². The average molecular weight is 259 g/mol. The Bertz CT molecular complexity index is 689. The minimum Gasteiger partial charge on any atom is -0.464 e. The molecule has 0 amide bonds. The summed E-state index contributed by atoms with van der Waals surface area (Å²) in [6.07, 6.45) is 0.277. The maximum atomic E-state index is 11.0. The minimum atomic E-state index is -1.04. The highest BCUT2D eigenvalue weighted by Crippen LogP contribution is 2.24. The predicted molar refractivity (Wildman–Crippen MR) is 71.8 cm³/mol. The maximum Gasteiger partial charge on any atom is 0.417 e. The molecule has 0 atom stereocenters. The van der Waals surface area contributed by atoms with Crippen molar-refractivity contribution in [2.75, 3.05) is 18.4 Å². The first-order chi connectivity index (χ1) is 9.16. The molecule has 0 bridgehead atoms. The van der Waals surface area contributed by atoms with Gasteiger partial charge in [0.2, 0.25) is 0 Å². The molecule has 2 aromatic rings. The molecule has 19 heavy (non-hydrogen) atoms. The first-order valence-corrected chi connectivity index (χ1v) is 5.92. The summed E-state index contributed by atoms with van der Waals surface area (Å²) in [6, 6.07) is 3.57. The number of benzene rings is 1. The molecule has 7 nitrogen and oxygen atoms in total. The quantitative estimate of drug-likeness (QED) is 0.716. The number of aliphatic imine (C=N–C) groups is 1. The smallest absolute Gasteiger partial charge is 0.417 e. The molecular weight excluding hydrogens is 246 g/mol. The zero-order valence-corrected chi connectivity index (χ0v) is 10.3. The summed E-state index contributed by atoms with van der Waals surface area (Å²) in [5, 5.41) is 15.3. The van der Waals surface area contributed by atoms with Gasteiger partial charge in [-0.25, -0.2) is 14.3 Å². The normalized spacial score (nSPS) is 14.3. The highest BCUT2D eigenvalue weighted by Gasteiger charge is 2.13. The maximum absolute atomic E-state index is 11.0. The lowest BCUT2D eigenvalue weighted by Gasteiger charge is -2.10. The Balaban J connectivity index is 2.03. The zero-order chi connectivity index (χ0) is 13.4. The predicted octanol–water partition coefficient (Wildman–Crippen LogP) is 1.24. The van der Waals surface area contributed by atoms with Crippen molar-refractivity contribution in [2.45, 2.75) is 6.92 Å². The Morgan fingerprint density at radius 1 is 1.53 bits per heavy atom. The Labute approximate surface area is 109 Å². The van der Waals surface area contributed by atoms with E-state index in [1.807, 2.05) is 13.0 Å². The number of aryl methyl sites for hydroxylation is 1. The van der Waals surface area contributed by atoms with Crippen LogP contribution in [0.15, 0.2) is 23.5 Å². The average Bonchev–Trinajstić information content (AvgIpc) is 3.01. The molecule has 98 valence electrons. The molecule has 3 N–H and O–H groups in total. The van der Waals surface area contributed by atoms with Crippen molar-refractivity contribution >= 4 is 28.8 Å². The van der Waals surface area contributed by atoms with Gasteiger partial charge in [-0.05, 0) is 19.1 Å². The van der Waals surface area contributed by atoms with Gasteiger partial charge in [-0.2, -0.15) is 0 Å². The number of carbonyl (C=O) groups is 1. The fraction of sp³-hybridized carbons (Fsp3) is 0.250. The molecule has 0 unspecified atom stereocenters. The second-order valence-electron chi connectivity index (χ2n) is 4.29. The van der Waals surface area contributed by atoms with E-state index in [-0.39, 0.29) is 0 Å². The summed E-state index contributed by atoms with van der Waals surface area (Å²) in [5.74, 6) is 0.736. The van der Waals surface area contributed by atoms with Crippen molar-refractivity contribution in [3.63, 3.8) is 0 Å². The molecule has 0 saturated heterocycles. The van der Waals surface area contributed by atoms with Gasteiger partial charge in [0, 0.05) is 17.8 Å². The molecule has 0 aliphatic carbocycles. The lowest BCUT2D eigenvalue weighted by Crippen LogP contribution is -2.26. The monoisotopic (exact) mass is 259 g/mol. The fourth-order valence-corrected chi connectivity index (χ4v) is 2.12. The first-order valence-electron chi connectivity index (χ1n) is 5.92. The van der Waals surface area contributed by atoms with Crippen LogP contribution < -0.4 is 10.6 Å². The lowest BCUT2D eigenvalue weighted by atomic mass is 10.1. The van der Waals surface area contributed by atoms with Crippen LogP contribution in [0.5, 0.6) is 0 Å². The zero-order valence-electron chi connectivity index (χ0n) is 10.3. The molecular formula is C12H13N5O2. The number of anilines is 1. The summed E-state index contributed by atoms with van der Waals surface area (Å²) in [7, 11) is 0. The van der Waals surface area contributed by atoms with E-state index < -0.39 is 6.09 Å². The van der Waals surface area contributed by atoms with Crippen LogP contribution in [0.3, 0.4) is 0 Å². The van der Waals surface area contributed by atoms with Crippen LogP contribution in [-0.2, 0) is 0 Å². The van der Waals surface area contributed by atoms with E-state index in [9.17, 15) is 4.79 Å². The van der Waals surface area contributed by atoms with Gasteiger partial charge >= 0.3 is 6.09 Å². The Morgan fingerprint density at radius 2 is 2.37 bits per heavy atom. The number of hydrogen-bond acceptors (Lipinski definition) is 5. The van der Waals surface area contributed by atoms with E-state index in [1.165, 1.54) is 6.33 Å². The molecule has 7 heteroatoms. The van der Waals surface area contributed by atoms with Crippen molar-refractivity contribution in [3.05, 3.63) is 24.0 Å². The van der Waals surface area contributed by atoms with Gasteiger partial charge in [0.25, 0.3) is 0 Å². The number of guanidine groups is 1. The molecule has 3 rings (SSSR count). The fourth-order valence-electron chi connectivity index (χ4n) is 2.12. The number of aromatic nitrogens is 2. The van der Waals surface area contributed by atoms with Crippen molar-refractivity contribution in [2.24, 2.45) is 4.99 Å². The number of nitrogens with one attached hydrogen (secondary N) is 2. The molecule has 0 spiro atoms. The number of nitrogens with zero attached hydrogens (tertiary/aromatic N) is 3. The Kier molecular flexibility index (Phi) is 2.59. The molecule has 0 fully saturated rings. The van der Waals surface area contributed by atoms with Gasteiger partial charge in [0.15, 0.2) is 5.96 Å². The molecule has 2 heterocycles. The number of rotatable bonds is 1. The summed E-state index contributed by atoms with van der Waals surface area (Å²) >= 11 is 0. The molecule has 1 aromatic carbocycles. The van der Waals surface area contributed by atoms with Crippen LogP contribution in [0.25, 0.3) is 11.0 Å². The highest BCUT2D eigenvalue weighted by molar-refractivity contribution is 5.98. The molecule has 0 radical (unpaired) electrons. The van der Waals surface area contributed by atoms with Gasteiger partial charge in [-0.3, -0.25) is 4.99 Å². The van der Waals surface area contributed by atoms with Crippen molar-refractivity contribution < 1.29 is 9.90 Å². The number of hydrogen-bond donors (Lipinski definition) is 3. The molecule has 1 aliphatic rings. The summed E-state index contributed by atoms with van der Waals surface area (Å²) in [4.78, 5) is 19.4. The van der Waals surface area contributed by atoms with E-state index in [1.54, 1.807) is 6.07 Å². The Morgan fingerprint density at radius 3 is 3.05 bits per heavy atom. The SMILES string of the molecule is Cc1c(NC2=NCCN2)ccc2c1ncn2C(=O)O. The van der Waals surface area contributed by atoms with E-state index in [0.29, 0.717) is 11.0 Å². The second kappa shape index (κ2) is 4.27. The van der Waals surface area contributed by atoms with Crippen LogP contribution >= 0.6 is 0 Å². The molecule has 0 saturated carbocycles. The second-order valence-corrected chi connectivity index (χ2v) is 4.29. The van der Waals surface area contributed by atoms with Crippen LogP contribution in [0.2, 0.25) is 0 Å². The third kappa shape index (κ3) is 1.88. The molecule has 1 aromatic heterocycles. The van der Waals surface area contributed by atoms with Crippen LogP contribution in [0, 0.1) is 6.92 Å². The van der Waals surface area contributed by atoms with E-state index in [0.717, 1.165) is 34.9 Å². The number of imidazole rings is 1. The van der Waals surface area contributed by atoms with E-state index in [2.05, 4.69) is 20.6 Å². The van der Waals surface area contributed by atoms with Crippen LogP contribution in [-0.4, -0.2) is 39.8 Å². The lowest BCUT2D eigenvalue weighted by molar-refractivity contribution is 0.197. The van der Waals surface area contributed by atoms with Gasteiger partial charge < -0.3 is 15.7 Å². The Hall–Kier alpha value is -2.57. The minimum absolute atomic E-state index is 0.580. The van der Waals surface area contributed by atoms with Gasteiger partial charge in [0.1, 0.15) is 6.33 Å². The standard InChI is InChI=1S/C12H13N5O2/c1-7-8(16-11-13-4-5-14-11)2-3-9-10(7)15-6-17(9)12(18)19/h2-3,6H,4-5H2,1H3,(H,18,19)(H2,13,14,16). The van der Waals surface area contributed by atoms with Crippen LogP contribution in [0.1, 0.15) is 5.56 Å². The van der Waals surface area contributed by atoms with E-state index in [4.69, 9.17) is 5.11 Å². The number of carboxylic acid groups (broad SMARTS) is 1. The largest absolute Gasteiger partial charge is 0.464 e. The van der Waals surface area contributed by atoms with Crippen molar-refractivity contribution in [3.8, 4) is 0 Å². The highest BCUT2D eigenvalue weighted by atomic mass is 16.4. The first kappa shape index (κ1) is 11.5. The van der Waals surface area contributed by atoms with Gasteiger partial charge in [-0.15, -0.1) is 0 Å². The molecule has 1 aliphatic heterocycles. The van der Waals surface area contributed by atoms with Crippen LogP contribution in [0.4, 0.5) is 10.5 Å². The third-order valence-corrected chi connectivity index (χ3v) is 3.10. The summed E-state index contributed by atoms with van der Waals surface area (Å²) < 4.78 is 1.11. The van der Waals surface area contributed by atoms with Crippen molar-refractivity contribution in [1.82, 2.24) is 14.9 Å². The summed E-state index contributed by atoms with van der Waals surface area (Å²) in [5.41, 5.74) is 3.02. The topological polar surface area (TPSA) is 91.5 Å². The summed E-state index contributed by atoms with van der Waals surface area (Å²) in [6.45, 7) is 3.49. The van der Waals surface area contributed by atoms with Gasteiger partial charge in [-0.1, -0.05) is 0 Å². The van der Waals surface area contributed by atoms with Crippen molar-refractivity contribution in [1.29, 1.82) is 0 Å². The third-order valence-electron chi connectivity index (χ3n) is 3.10.